The highest BCUT2D eigenvalue weighted by Crippen LogP contribution is 2.27. The molecule has 24 heavy (non-hydrogen) atoms. The molecule has 0 saturated heterocycles. The van der Waals surface area contributed by atoms with Gasteiger partial charge in [0.2, 0.25) is 0 Å². The molecule has 0 atom stereocenters. The quantitative estimate of drug-likeness (QED) is 0.740. The first-order chi connectivity index (χ1) is 11.6. The third-order valence-corrected chi connectivity index (χ3v) is 4.02. The third kappa shape index (κ3) is 3.16. The van der Waals surface area contributed by atoms with Gasteiger partial charge in [0.25, 0.3) is 5.91 Å². The standard InChI is InChI=1S/C18H17ClN2O3/c1-23-16-6-3-11(7-17(16)24-2)9-21-18(22)14-10-20-15-5-4-12(19)8-13(14)15/h3-8,10,20H,9H2,1-2H3,(H,21,22). The molecule has 1 heterocycles. The fourth-order valence-corrected chi connectivity index (χ4v) is 2.72. The fraction of sp³-hybridized carbons (Fsp3) is 0.167. The van der Waals surface area contributed by atoms with Gasteiger partial charge in [-0.05, 0) is 35.9 Å². The number of carbonyl (C=O) groups is 1. The Hall–Kier alpha value is -2.66. The van der Waals surface area contributed by atoms with Crippen molar-refractivity contribution < 1.29 is 14.3 Å². The number of hydrogen-bond donors (Lipinski definition) is 2. The van der Waals surface area contributed by atoms with Crippen LogP contribution in [-0.4, -0.2) is 25.1 Å². The summed E-state index contributed by atoms with van der Waals surface area (Å²) in [7, 11) is 3.16. The van der Waals surface area contributed by atoms with Gasteiger partial charge in [0, 0.05) is 28.7 Å². The molecule has 2 aromatic carbocycles. The molecular weight excluding hydrogens is 328 g/mol. The van der Waals surface area contributed by atoms with E-state index < -0.39 is 0 Å². The first-order valence-corrected chi connectivity index (χ1v) is 7.76. The number of halogens is 1. The van der Waals surface area contributed by atoms with Crippen molar-refractivity contribution in [1.29, 1.82) is 0 Å². The van der Waals surface area contributed by atoms with Gasteiger partial charge in [-0.25, -0.2) is 0 Å². The maximum Gasteiger partial charge on any atom is 0.253 e. The molecule has 0 aliphatic carbocycles. The minimum atomic E-state index is -0.168. The summed E-state index contributed by atoms with van der Waals surface area (Å²) < 4.78 is 10.5. The molecule has 1 amide bonds. The molecule has 0 spiro atoms. The smallest absolute Gasteiger partial charge is 0.253 e. The van der Waals surface area contributed by atoms with E-state index >= 15 is 0 Å². The molecule has 0 saturated carbocycles. The van der Waals surface area contributed by atoms with Crippen molar-refractivity contribution >= 4 is 28.4 Å². The minimum absolute atomic E-state index is 0.168. The van der Waals surface area contributed by atoms with E-state index in [1.54, 1.807) is 32.5 Å². The lowest BCUT2D eigenvalue weighted by Gasteiger charge is -2.10. The number of H-pyrrole nitrogens is 1. The van der Waals surface area contributed by atoms with Crippen LogP contribution in [0.25, 0.3) is 10.9 Å². The molecule has 3 aromatic rings. The number of hydrogen-bond acceptors (Lipinski definition) is 3. The van der Waals surface area contributed by atoms with Gasteiger partial charge in [0.1, 0.15) is 0 Å². The molecule has 124 valence electrons. The zero-order valence-corrected chi connectivity index (χ0v) is 14.1. The number of aromatic amines is 1. The number of aromatic nitrogens is 1. The van der Waals surface area contributed by atoms with Crippen molar-refractivity contribution in [3.8, 4) is 11.5 Å². The maximum absolute atomic E-state index is 12.5. The lowest BCUT2D eigenvalue weighted by atomic mass is 10.1. The number of fused-ring (bicyclic) bond motifs is 1. The van der Waals surface area contributed by atoms with Crippen molar-refractivity contribution in [2.45, 2.75) is 6.54 Å². The normalized spacial score (nSPS) is 10.6. The van der Waals surface area contributed by atoms with Crippen LogP contribution in [0.15, 0.2) is 42.6 Å². The number of amides is 1. The monoisotopic (exact) mass is 344 g/mol. The Balaban J connectivity index is 1.76. The zero-order valence-electron chi connectivity index (χ0n) is 13.4. The van der Waals surface area contributed by atoms with Gasteiger partial charge in [-0.15, -0.1) is 0 Å². The van der Waals surface area contributed by atoms with E-state index in [1.807, 2.05) is 24.3 Å². The molecule has 1 aromatic heterocycles. The van der Waals surface area contributed by atoms with Crippen LogP contribution in [0, 0.1) is 0 Å². The van der Waals surface area contributed by atoms with Gasteiger partial charge in [-0.2, -0.15) is 0 Å². The van der Waals surface area contributed by atoms with E-state index in [4.69, 9.17) is 21.1 Å². The van der Waals surface area contributed by atoms with Gasteiger partial charge in [0.05, 0.1) is 19.8 Å². The van der Waals surface area contributed by atoms with E-state index in [-0.39, 0.29) is 5.91 Å². The van der Waals surface area contributed by atoms with Gasteiger partial charge in [-0.1, -0.05) is 17.7 Å². The van der Waals surface area contributed by atoms with Crippen molar-refractivity contribution in [2.24, 2.45) is 0 Å². The number of carbonyl (C=O) groups excluding carboxylic acids is 1. The Bertz CT molecular complexity index is 889. The van der Waals surface area contributed by atoms with Crippen LogP contribution in [0.5, 0.6) is 11.5 Å². The summed E-state index contributed by atoms with van der Waals surface area (Å²) >= 11 is 6.02. The number of benzene rings is 2. The molecule has 0 fully saturated rings. The molecular formula is C18H17ClN2O3. The van der Waals surface area contributed by atoms with Crippen LogP contribution in [0.4, 0.5) is 0 Å². The fourth-order valence-electron chi connectivity index (χ4n) is 2.55. The summed E-state index contributed by atoms with van der Waals surface area (Å²) in [6.45, 7) is 0.381. The van der Waals surface area contributed by atoms with Crippen LogP contribution in [0.1, 0.15) is 15.9 Å². The van der Waals surface area contributed by atoms with E-state index in [9.17, 15) is 4.79 Å². The second-order valence-electron chi connectivity index (χ2n) is 5.26. The summed E-state index contributed by atoms with van der Waals surface area (Å²) in [6.07, 6.45) is 1.69. The van der Waals surface area contributed by atoms with Crippen LogP contribution in [-0.2, 0) is 6.54 Å². The maximum atomic E-state index is 12.5. The molecule has 0 unspecified atom stereocenters. The Morgan fingerprint density at radius 3 is 2.67 bits per heavy atom. The number of nitrogens with one attached hydrogen (secondary N) is 2. The van der Waals surface area contributed by atoms with Gasteiger partial charge in [0.15, 0.2) is 11.5 Å². The second kappa shape index (κ2) is 6.84. The molecule has 0 radical (unpaired) electrons. The highest BCUT2D eigenvalue weighted by Gasteiger charge is 2.12. The minimum Gasteiger partial charge on any atom is -0.493 e. The third-order valence-electron chi connectivity index (χ3n) is 3.79. The molecule has 0 aliphatic rings. The molecule has 0 bridgehead atoms. The summed E-state index contributed by atoms with van der Waals surface area (Å²) in [5.41, 5.74) is 2.35. The van der Waals surface area contributed by atoms with Crippen LogP contribution >= 0.6 is 11.6 Å². The van der Waals surface area contributed by atoms with Crippen LogP contribution in [0.2, 0.25) is 5.02 Å². The topological polar surface area (TPSA) is 63.3 Å². The molecule has 5 nitrogen and oxygen atoms in total. The van der Waals surface area contributed by atoms with Gasteiger partial charge < -0.3 is 19.8 Å². The number of ether oxygens (including phenoxy) is 2. The first-order valence-electron chi connectivity index (χ1n) is 7.38. The van der Waals surface area contributed by atoms with Crippen LogP contribution < -0.4 is 14.8 Å². The summed E-state index contributed by atoms with van der Waals surface area (Å²) in [6, 6.07) is 10.9. The SMILES string of the molecule is COc1ccc(CNC(=O)c2c[nH]c3ccc(Cl)cc23)cc1OC. The van der Waals surface area contributed by atoms with Gasteiger partial charge in [-0.3, -0.25) is 4.79 Å². The Morgan fingerprint density at radius 1 is 1.12 bits per heavy atom. The molecule has 2 N–H and O–H groups in total. The molecule has 6 heteroatoms. The van der Waals surface area contributed by atoms with Crippen molar-refractivity contribution in [3.05, 3.63) is 58.7 Å². The Kier molecular flexibility index (Phi) is 4.62. The Morgan fingerprint density at radius 2 is 1.92 bits per heavy atom. The van der Waals surface area contributed by atoms with E-state index in [0.29, 0.717) is 28.6 Å². The van der Waals surface area contributed by atoms with Gasteiger partial charge >= 0.3 is 0 Å². The average Bonchev–Trinajstić information content (AvgIpc) is 3.02. The highest BCUT2D eigenvalue weighted by molar-refractivity contribution is 6.31. The summed E-state index contributed by atoms with van der Waals surface area (Å²) in [5, 5.41) is 4.30. The predicted molar refractivity (Wildman–Crippen MR) is 94.0 cm³/mol. The van der Waals surface area contributed by atoms with E-state index in [2.05, 4.69) is 10.3 Å². The molecule has 3 rings (SSSR count). The lowest BCUT2D eigenvalue weighted by Crippen LogP contribution is -2.22. The lowest BCUT2D eigenvalue weighted by molar-refractivity contribution is 0.0952. The second-order valence-corrected chi connectivity index (χ2v) is 5.70. The number of methoxy groups -OCH3 is 2. The van der Waals surface area contributed by atoms with Crippen molar-refractivity contribution in [1.82, 2.24) is 10.3 Å². The number of rotatable bonds is 5. The van der Waals surface area contributed by atoms with E-state index in [0.717, 1.165) is 16.5 Å². The first kappa shape index (κ1) is 16.2. The predicted octanol–water partition coefficient (Wildman–Crippen LogP) is 3.77. The average molecular weight is 345 g/mol. The Labute approximate surface area is 144 Å². The molecule has 0 aliphatic heterocycles. The zero-order chi connectivity index (χ0) is 17.1. The largest absolute Gasteiger partial charge is 0.493 e. The highest BCUT2D eigenvalue weighted by atomic mass is 35.5. The van der Waals surface area contributed by atoms with Crippen molar-refractivity contribution in [3.63, 3.8) is 0 Å². The van der Waals surface area contributed by atoms with Crippen molar-refractivity contribution in [2.75, 3.05) is 14.2 Å². The summed E-state index contributed by atoms with van der Waals surface area (Å²) in [5.74, 6) is 1.11. The summed E-state index contributed by atoms with van der Waals surface area (Å²) in [4.78, 5) is 15.5. The van der Waals surface area contributed by atoms with E-state index in [1.165, 1.54) is 0 Å². The van der Waals surface area contributed by atoms with Crippen LogP contribution in [0.3, 0.4) is 0 Å².